The number of aromatic nitrogens is 2. The molecule has 1 saturated heterocycles. The number of amides is 2. The van der Waals surface area contributed by atoms with Crippen molar-refractivity contribution in [3.05, 3.63) is 47.5 Å². The molecule has 2 amide bonds. The van der Waals surface area contributed by atoms with Crippen LogP contribution in [-0.2, 0) is 19.6 Å². The van der Waals surface area contributed by atoms with Gasteiger partial charge in [0, 0.05) is 34.2 Å². The molecule has 3 heterocycles. The minimum atomic E-state index is -3.87. The van der Waals surface area contributed by atoms with Crippen LogP contribution in [0.25, 0.3) is 21.6 Å². The first-order valence-corrected chi connectivity index (χ1v) is 20.4. The third-order valence-corrected chi connectivity index (χ3v) is 13.9. The Bertz CT molecular complexity index is 2040. The van der Waals surface area contributed by atoms with Crippen molar-refractivity contribution in [2.24, 2.45) is 11.8 Å². The van der Waals surface area contributed by atoms with Gasteiger partial charge >= 0.3 is 6.09 Å². The van der Waals surface area contributed by atoms with Gasteiger partial charge in [0.1, 0.15) is 46.2 Å². The Balaban J connectivity index is 1.34. The number of aryl methyl sites for hydroxylation is 1. The number of likely N-dealkylation sites (tertiary alicyclic amines) is 1. The second-order valence-electron chi connectivity index (χ2n) is 16.2. The molecule has 3 aromatic rings. The lowest BCUT2D eigenvalue weighted by molar-refractivity contribution is -0.129. The third kappa shape index (κ3) is 7.37. The Hall–Kier alpha value is -3.79. The molecule has 0 bridgehead atoms. The number of carbonyl (C=O) groups excluding carboxylic acids is 2. The number of carbonyl (C=O) groups is 2. The van der Waals surface area contributed by atoms with Gasteiger partial charge in [-0.05, 0) is 71.9 Å². The van der Waals surface area contributed by atoms with Gasteiger partial charge in [0.15, 0.2) is 0 Å². The fraction of sp³-hybridized carbons (Fsp3) is 0.579. The van der Waals surface area contributed by atoms with Crippen LogP contribution in [-0.4, -0.2) is 88.3 Å². The fourth-order valence-electron chi connectivity index (χ4n) is 6.90. The highest BCUT2D eigenvalue weighted by molar-refractivity contribution is 7.91. The van der Waals surface area contributed by atoms with Crippen molar-refractivity contribution in [3.8, 4) is 22.2 Å². The fourth-order valence-corrected chi connectivity index (χ4v) is 9.27. The topological polar surface area (TPSA) is 169 Å². The number of methoxy groups -OCH3 is 1. The zero-order valence-electron chi connectivity index (χ0n) is 31.8. The SMILES string of the molecule is C=CC1CC1(NC(=O)C1C(C)C(Oc2cc(-c3nc(C(C)C)cs3)nc3c(C)c(OC)ccc23)CN1C(=O)OC(C)(C)C)C(O)NS(=O)(=O)C1(C)CC1. The zero-order chi connectivity index (χ0) is 38.8. The number of thiazole rings is 1. The van der Waals surface area contributed by atoms with Gasteiger partial charge in [-0.3, -0.25) is 9.69 Å². The summed E-state index contributed by atoms with van der Waals surface area (Å²) in [5, 5.41) is 17.7. The Labute approximate surface area is 315 Å². The van der Waals surface area contributed by atoms with Crippen LogP contribution in [0, 0.1) is 18.8 Å². The molecule has 2 saturated carbocycles. The highest BCUT2D eigenvalue weighted by Gasteiger charge is 2.62. The van der Waals surface area contributed by atoms with Crippen molar-refractivity contribution >= 4 is 44.3 Å². The third-order valence-electron chi connectivity index (χ3n) is 10.7. The lowest BCUT2D eigenvalue weighted by Crippen LogP contribution is -2.60. The number of aliphatic hydroxyl groups excluding tert-OH is 1. The Morgan fingerprint density at radius 1 is 1.19 bits per heavy atom. The molecular weight excluding hydrogens is 719 g/mol. The number of fused-ring (bicyclic) bond motifs is 1. The molecule has 1 aromatic carbocycles. The summed E-state index contributed by atoms with van der Waals surface area (Å²) in [5.41, 5.74) is 0.868. The minimum absolute atomic E-state index is 0.0165. The number of ether oxygens (including phenoxy) is 3. The monoisotopic (exact) mass is 769 g/mol. The average Bonchev–Trinajstić information content (AvgIpc) is 3.89. The smallest absolute Gasteiger partial charge is 0.411 e. The summed E-state index contributed by atoms with van der Waals surface area (Å²) in [6.45, 7) is 18.6. The van der Waals surface area contributed by atoms with Gasteiger partial charge in [0.2, 0.25) is 15.9 Å². The van der Waals surface area contributed by atoms with Crippen molar-refractivity contribution in [2.45, 2.75) is 115 Å². The van der Waals surface area contributed by atoms with E-state index >= 15 is 0 Å². The van der Waals surface area contributed by atoms with Crippen LogP contribution in [0.5, 0.6) is 11.5 Å². The number of nitrogens with zero attached hydrogens (tertiary/aromatic N) is 3. The zero-order valence-corrected chi connectivity index (χ0v) is 33.5. The number of benzene rings is 1. The molecule has 6 rings (SSSR count). The van der Waals surface area contributed by atoms with Gasteiger partial charge in [-0.15, -0.1) is 17.9 Å². The number of hydrogen-bond donors (Lipinski definition) is 3. The van der Waals surface area contributed by atoms with Crippen LogP contribution in [0.3, 0.4) is 0 Å². The summed E-state index contributed by atoms with van der Waals surface area (Å²) >= 11 is 1.49. The number of pyridine rings is 1. The maximum absolute atomic E-state index is 14.4. The van der Waals surface area contributed by atoms with E-state index in [1.807, 2.05) is 37.4 Å². The molecule has 3 aliphatic rings. The largest absolute Gasteiger partial charge is 0.496 e. The summed E-state index contributed by atoms with van der Waals surface area (Å²) in [7, 11) is -2.27. The van der Waals surface area contributed by atoms with Crippen molar-refractivity contribution in [1.29, 1.82) is 0 Å². The van der Waals surface area contributed by atoms with E-state index in [2.05, 4.69) is 30.5 Å². The van der Waals surface area contributed by atoms with Crippen LogP contribution < -0.4 is 19.5 Å². The van der Waals surface area contributed by atoms with E-state index in [9.17, 15) is 23.1 Å². The molecule has 15 heteroatoms. The van der Waals surface area contributed by atoms with Crippen LogP contribution in [0.15, 0.2) is 36.2 Å². The summed E-state index contributed by atoms with van der Waals surface area (Å²) in [4.78, 5) is 39.3. The van der Waals surface area contributed by atoms with Gasteiger partial charge < -0.3 is 24.6 Å². The number of hydrogen-bond acceptors (Lipinski definition) is 11. The maximum atomic E-state index is 14.4. The molecule has 53 heavy (non-hydrogen) atoms. The standard InChI is InChI=1S/C38H51N5O8S2/c1-11-23-17-38(23,34(45)42-53(47,48)37(9)14-15-37)41-32(44)31-22(5)29(18-43(31)35(46)51-36(6,7)8)50-28-16-25(33-40-26(19-52-33)20(2)3)39-30-21(4)27(49-10)13-12-24(28)30/h11-13,16,19-20,22-23,29,31,34,42,45H,1,14-15,17-18H2,2-10H3,(H,41,44). The Morgan fingerprint density at radius 3 is 2.45 bits per heavy atom. The summed E-state index contributed by atoms with van der Waals surface area (Å²) in [6, 6.07) is 4.48. The van der Waals surface area contributed by atoms with E-state index < -0.39 is 68.1 Å². The molecule has 288 valence electrons. The molecule has 3 N–H and O–H groups in total. The van der Waals surface area contributed by atoms with E-state index in [4.69, 9.17) is 24.2 Å². The summed E-state index contributed by atoms with van der Waals surface area (Å²) in [5.74, 6) is -0.141. The first kappa shape index (κ1) is 38.9. The Morgan fingerprint density at radius 2 is 1.89 bits per heavy atom. The van der Waals surface area contributed by atoms with Crippen molar-refractivity contribution in [3.63, 3.8) is 0 Å². The highest BCUT2D eigenvalue weighted by Crippen LogP contribution is 2.49. The van der Waals surface area contributed by atoms with Crippen molar-refractivity contribution in [1.82, 2.24) is 24.9 Å². The molecule has 0 spiro atoms. The second-order valence-corrected chi connectivity index (χ2v) is 19.3. The molecule has 6 atom stereocenters. The van der Waals surface area contributed by atoms with Gasteiger partial charge in [0.25, 0.3) is 0 Å². The molecule has 13 nitrogen and oxygen atoms in total. The number of rotatable bonds is 12. The van der Waals surface area contributed by atoms with E-state index in [-0.39, 0.29) is 18.9 Å². The Kier molecular flexibility index (Phi) is 10.1. The van der Waals surface area contributed by atoms with Crippen LogP contribution in [0.4, 0.5) is 4.79 Å². The van der Waals surface area contributed by atoms with Gasteiger partial charge in [-0.25, -0.2) is 23.2 Å². The van der Waals surface area contributed by atoms with Gasteiger partial charge in [0.05, 0.1) is 35.2 Å². The minimum Gasteiger partial charge on any atom is -0.496 e. The second kappa shape index (κ2) is 13.8. The molecule has 0 radical (unpaired) electrons. The normalized spacial score (nSPS) is 25.6. The van der Waals surface area contributed by atoms with E-state index in [1.165, 1.54) is 16.2 Å². The van der Waals surface area contributed by atoms with E-state index in [0.717, 1.165) is 21.7 Å². The first-order chi connectivity index (χ1) is 24.7. The average molecular weight is 770 g/mol. The number of sulfonamides is 1. The predicted octanol–water partition coefficient (Wildman–Crippen LogP) is 5.65. The first-order valence-electron chi connectivity index (χ1n) is 18.0. The predicted molar refractivity (Wildman–Crippen MR) is 203 cm³/mol. The molecule has 3 fully saturated rings. The maximum Gasteiger partial charge on any atom is 0.411 e. The molecule has 1 aliphatic heterocycles. The summed E-state index contributed by atoms with van der Waals surface area (Å²) in [6.07, 6.45) is -0.176. The summed E-state index contributed by atoms with van der Waals surface area (Å²) < 4.78 is 45.7. The van der Waals surface area contributed by atoms with Gasteiger partial charge in [-0.1, -0.05) is 26.8 Å². The lowest BCUT2D eigenvalue weighted by Gasteiger charge is -2.32. The van der Waals surface area contributed by atoms with Gasteiger partial charge in [-0.2, -0.15) is 4.72 Å². The molecule has 6 unspecified atom stereocenters. The van der Waals surface area contributed by atoms with Crippen LogP contribution in [0.2, 0.25) is 0 Å². The molecule has 2 aromatic heterocycles. The highest BCUT2D eigenvalue weighted by atomic mass is 32.2. The quantitative estimate of drug-likeness (QED) is 0.155. The number of aliphatic hydroxyl groups is 1. The van der Waals surface area contributed by atoms with E-state index in [0.29, 0.717) is 35.6 Å². The number of nitrogens with one attached hydrogen (secondary N) is 2. The molecule has 2 aliphatic carbocycles. The van der Waals surface area contributed by atoms with Crippen LogP contribution in [0.1, 0.15) is 84.9 Å². The van der Waals surface area contributed by atoms with Crippen molar-refractivity contribution in [2.75, 3.05) is 13.7 Å². The molecular formula is C38H51N5O8S2. The van der Waals surface area contributed by atoms with Crippen molar-refractivity contribution < 1.29 is 37.3 Å². The van der Waals surface area contributed by atoms with Crippen LogP contribution >= 0.6 is 11.3 Å². The lowest BCUT2D eigenvalue weighted by atomic mass is 9.98. The van der Waals surface area contributed by atoms with E-state index in [1.54, 1.807) is 40.9 Å².